The predicted molar refractivity (Wildman–Crippen MR) is 114 cm³/mol. The Morgan fingerprint density at radius 1 is 1.19 bits per heavy atom. The zero-order chi connectivity index (χ0) is 21.6. The monoisotopic (exact) mass is 435 g/mol. The topological polar surface area (TPSA) is 82.8 Å². The highest BCUT2D eigenvalue weighted by molar-refractivity contribution is 7.09. The summed E-state index contributed by atoms with van der Waals surface area (Å²) in [6, 6.07) is 15.9. The first kappa shape index (κ1) is 20.5. The Morgan fingerprint density at radius 2 is 2.03 bits per heavy atom. The highest BCUT2D eigenvalue weighted by Gasteiger charge is 2.18. The van der Waals surface area contributed by atoms with E-state index in [1.165, 1.54) is 34.2 Å². The van der Waals surface area contributed by atoms with Gasteiger partial charge in [0, 0.05) is 11.8 Å². The van der Waals surface area contributed by atoms with Crippen molar-refractivity contribution in [2.24, 2.45) is 0 Å². The molecule has 2 aromatic carbocycles. The van der Waals surface area contributed by atoms with Gasteiger partial charge in [0.1, 0.15) is 12.4 Å². The molecule has 0 atom stereocenters. The average molecular weight is 435 g/mol. The third-order valence-corrected chi connectivity index (χ3v) is 5.26. The number of benzene rings is 2. The highest BCUT2D eigenvalue weighted by atomic mass is 32.1. The van der Waals surface area contributed by atoms with Gasteiger partial charge in [-0.05, 0) is 46.7 Å². The van der Waals surface area contributed by atoms with Crippen LogP contribution in [0.1, 0.15) is 27.7 Å². The maximum absolute atomic E-state index is 13.6. The lowest BCUT2D eigenvalue weighted by molar-refractivity contribution is -0.138. The van der Waals surface area contributed by atoms with Crippen molar-refractivity contribution in [2.75, 3.05) is 0 Å². The molecule has 2 heterocycles. The van der Waals surface area contributed by atoms with Crippen molar-refractivity contribution in [1.29, 1.82) is 0 Å². The minimum absolute atomic E-state index is 0.00574. The van der Waals surface area contributed by atoms with E-state index in [2.05, 4.69) is 20.5 Å². The second-order valence-electron chi connectivity index (χ2n) is 6.69. The van der Waals surface area contributed by atoms with Crippen LogP contribution in [0.25, 0.3) is 11.8 Å². The van der Waals surface area contributed by atoms with Crippen LogP contribution in [-0.2, 0) is 22.6 Å². The van der Waals surface area contributed by atoms with Gasteiger partial charge >= 0.3 is 5.97 Å². The summed E-state index contributed by atoms with van der Waals surface area (Å²) in [5.74, 6) is -0.654. The molecule has 2 aromatic heterocycles. The van der Waals surface area contributed by atoms with Crippen molar-refractivity contribution >= 4 is 29.1 Å². The van der Waals surface area contributed by atoms with E-state index < -0.39 is 11.8 Å². The van der Waals surface area contributed by atoms with Gasteiger partial charge in [0.2, 0.25) is 0 Å². The van der Waals surface area contributed by atoms with Crippen LogP contribution < -0.4 is 0 Å². The number of rotatable bonds is 7. The number of nitrogens with zero attached hydrogens (tertiary/aromatic N) is 5. The zero-order valence-corrected chi connectivity index (χ0v) is 17.4. The fraction of sp³-hybridized carbons (Fsp3) is 0.136. The van der Waals surface area contributed by atoms with Gasteiger partial charge in [0.25, 0.3) is 0 Å². The fourth-order valence-electron chi connectivity index (χ4n) is 2.90. The normalized spacial score (nSPS) is 11.5. The van der Waals surface area contributed by atoms with Crippen molar-refractivity contribution in [3.05, 3.63) is 93.4 Å². The zero-order valence-electron chi connectivity index (χ0n) is 16.6. The van der Waals surface area contributed by atoms with Crippen LogP contribution in [0.3, 0.4) is 0 Å². The van der Waals surface area contributed by atoms with E-state index in [0.29, 0.717) is 23.5 Å². The minimum Gasteiger partial charge on any atom is -0.454 e. The first-order chi connectivity index (χ1) is 15.1. The Morgan fingerprint density at radius 3 is 2.77 bits per heavy atom. The number of ether oxygens (including phenoxy) is 1. The van der Waals surface area contributed by atoms with Gasteiger partial charge in [-0.25, -0.2) is 14.2 Å². The largest absolute Gasteiger partial charge is 0.454 e. The molecule has 0 amide bonds. The van der Waals surface area contributed by atoms with Crippen LogP contribution in [-0.4, -0.2) is 31.2 Å². The number of aromatic nitrogens is 5. The molecule has 4 rings (SSSR count). The van der Waals surface area contributed by atoms with E-state index in [0.717, 1.165) is 10.6 Å². The second kappa shape index (κ2) is 9.40. The van der Waals surface area contributed by atoms with E-state index in [4.69, 9.17) is 4.74 Å². The number of thiazole rings is 1. The van der Waals surface area contributed by atoms with E-state index in [1.54, 1.807) is 19.1 Å². The molecule has 0 N–H and O–H groups in total. The first-order valence-corrected chi connectivity index (χ1v) is 10.3. The van der Waals surface area contributed by atoms with E-state index in [-0.39, 0.29) is 12.3 Å². The van der Waals surface area contributed by atoms with Crippen molar-refractivity contribution in [2.45, 2.75) is 20.0 Å². The molecular formula is C22H18FN5O2S. The Kier molecular flexibility index (Phi) is 6.23. The number of hydrogen-bond donors (Lipinski definition) is 0. The summed E-state index contributed by atoms with van der Waals surface area (Å²) >= 11 is 1.51. The van der Waals surface area contributed by atoms with Crippen LogP contribution in [0.4, 0.5) is 4.39 Å². The lowest BCUT2D eigenvalue weighted by atomic mass is 10.2. The van der Waals surface area contributed by atoms with Crippen LogP contribution in [0.5, 0.6) is 0 Å². The number of hydrogen-bond acceptors (Lipinski definition) is 7. The molecule has 0 aliphatic rings. The maximum Gasteiger partial charge on any atom is 0.357 e. The van der Waals surface area contributed by atoms with Gasteiger partial charge in [0.05, 0.1) is 10.7 Å². The highest BCUT2D eigenvalue weighted by Crippen LogP contribution is 2.18. The minimum atomic E-state index is -0.641. The van der Waals surface area contributed by atoms with E-state index >= 15 is 0 Å². The van der Waals surface area contributed by atoms with Crippen LogP contribution in [0.2, 0.25) is 0 Å². The number of carbonyl (C=O) groups is 1. The van der Waals surface area contributed by atoms with Crippen molar-refractivity contribution in [3.8, 4) is 0 Å². The van der Waals surface area contributed by atoms with E-state index in [9.17, 15) is 9.18 Å². The molecule has 0 saturated heterocycles. The Hall–Kier alpha value is -3.72. The van der Waals surface area contributed by atoms with Crippen LogP contribution in [0, 0.1) is 12.7 Å². The Balaban J connectivity index is 1.49. The molecule has 0 aliphatic heterocycles. The molecule has 0 aliphatic carbocycles. The van der Waals surface area contributed by atoms with Gasteiger partial charge in [0.15, 0.2) is 11.5 Å². The number of tetrazole rings is 1. The molecule has 0 saturated carbocycles. The Bertz CT molecular complexity index is 1220. The summed E-state index contributed by atoms with van der Waals surface area (Å²) in [6.45, 7) is 1.66. The number of carbonyl (C=O) groups excluding carboxylic acids is 1. The van der Waals surface area contributed by atoms with Crippen LogP contribution in [0.15, 0.2) is 60.0 Å². The summed E-state index contributed by atoms with van der Waals surface area (Å²) in [5, 5.41) is 14.0. The number of aryl methyl sites for hydroxylation is 1. The predicted octanol–water partition coefficient (Wildman–Crippen LogP) is 3.91. The molecule has 0 unspecified atom stereocenters. The van der Waals surface area contributed by atoms with Crippen LogP contribution >= 0.6 is 11.3 Å². The third-order valence-electron chi connectivity index (χ3n) is 4.36. The molecule has 0 bridgehead atoms. The molecule has 156 valence electrons. The lowest BCUT2D eigenvalue weighted by Crippen LogP contribution is -2.15. The summed E-state index contributed by atoms with van der Waals surface area (Å²) in [7, 11) is 0. The Labute approximate surface area is 181 Å². The smallest absolute Gasteiger partial charge is 0.357 e. The number of esters is 1. The summed E-state index contributed by atoms with van der Waals surface area (Å²) in [4.78, 5) is 17.4. The maximum atomic E-state index is 13.6. The molecular weight excluding hydrogens is 417 g/mol. The summed E-state index contributed by atoms with van der Waals surface area (Å²) in [6.07, 6.45) is 2.20. The molecule has 0 radical (unpaired) electrons. The first-order valence-electron chi connectivity index (χ1n) is 9.45. The van der Waals surface area contributed by atoms with Gasteiger partial charge in [-0.2, -0.15) is 4.68 Å². The fourth-order valence-corrected chi connectivity index (χ4v) is 3.71. The van der Waals surface area contributed by atoms with E-state index in [1.807, 2.05) is 35.7 Å². The van der Waals surface area contributed by atoms with Gasteiger partial charge < -0.3 is 4.74 Å². The van der Waals surface area contributed by atoms with Crippen molar-refractivity contribution in [3.63, 3.8) is 0 Å². The SMILES string of the molecule is Cc1nnnn1/C(=C\c1cccc(F)c1)C(=O)OCc1csc(Cc2ccccc2)n1. The molecule has 7 nitrogen and oxygen atoms in total. The lowest BCUT2D eigenvalue weighted by Gasteiger charge is -2.08. The van der Waals surface area contributed by atoms with Crippen molar-refractivity contribution in [1.82, 2.24) is 25.2 Å². The molecule has 31 heavy (non-hydrogen) atoms. The summed E-state index contributed by atoms with van der Waals surface area (Å²) < 4.78 is 20.3. The molecule has 4 aromatic rings. The third kappa shape index (κ3) is 5.26. The van der Waals surface area contributed by atoms with Gasteiger partial charge in [-0.15, -0.1) is 16.4 Å². The molecule has 0 spiro atoms. The quantitative estimate of drug-likeness (QED) is 0.323. The molecule has 0 fully saturated rings. The summed E-state index contributed by atoms with van der Waals surface area (Å²) in [5.41, 5.74) is 2.38. The van der Waals surface area contributed by atoms with Crippen molar-refractivity contribution < 1.29 is 13.9 Å². The standard InChI is InChI=1S/C22H18FN5O2S/c1-15-25-26-27-28(15)20(11-17-8-5-9-18(23)10-17)22(29)30-13-19-14-31-21(24-19)12-16-6-3-2-4-7-16/h2-11,14H,12-13H2,1H3/b20-11-. The average Bonchev–Trinajstić information content (AvgIpc) is 3.40. The second-order valence-corrected chi connectivity index (χ2v) is 7.64. The number of halogens is 1. The van der Waals surface area contributed by atoms with Gasteiger partial charge in [-0.1, -0.05) is 42.5 Å². The van der Waals surface area contributed by atoms with Gasteiger partial charge in [-0.3, -0.25) is 0 Å². The molecule has 9 heteroatoms.